The molecule has 18 aromatic carbocycles. The molecule has 0 spiro atoms. The van der Waals surface area contributed by atoms with E-state index < -0.39 is 0 Å². The van der Waals surface area contributed by atoms with Gasteiger partial charge in [-0.1, -0.05) is 370 Å². The van der Waals surface area contributed by atoms with Crippen molar-refractivity contribution in [1.29, 1.82) is 0 Å². The number of nitrogens with zero attached hydrogens (tertiary/aromatic N) is 9. The van der Waals surface area contributed by atoms with Gasteiger partial charge in [0, 0.05) is 115 Å². The first kappa shape index (κ1) is 71.4. The predicted molar refractivity (Wildman–Crippen MR) is 515 cm³/mol. The second kappa shape index (κ2) is 29.6. The van der Waals surface area contributed by atoms with Crippen LogP contribution in [-0.4, -0.2) is 44.0 Å². The van der Waals surface area contributed by atoms with Crippen molar-refractivity contribution >= 4 is 130 Å². The Hall–Kier alpha value is -16.8. The highest BCUT2D eigenvalue weighted by atomic mass is 15.0. The van der Waals surface area contributed by atoms with Crippen LogP contribution in [0.3, 0.4) is 0 Å². The van der Waals surface area contributed by atoms with Crippen molar-refractivity contribution in [3.63, 3.8) is 0 Å². The normalized spacial score (nSPS) is 11.7. The Labute approximate surface area is 713 Å². The number of fused-ring (bicyclic) bond motifs is 19. The number of pyridine rings is 4. The predicted octanol–water partition coefficient (Wildman–Crippen LogP) is 29.6. The molecule has 7 heterocycles. The van der Waals surface area contributed by atoms with E-state index in [4.69, 9.17) is 34.9 Å². The lowest BCUT2D eigenvalue weighted by molar-refractivity contribution is 1.07. The quantitative estimate of drug-likeness (QED) is 0.119. The summed E-state index contributed by atoms with van der Waals surface area (Å²) in [5, 5.41) is 18.6. The Kier molecular flexibility index (Phi) is 17.1. The third-order valence-electron chi connectivity index (χ3n) is 24.6. The van der Waals surface area contributed by atoms with Crippen LogP contribution in [0, 0.1) is 0 Å². The van der Waals surface area contributed by atoms with E-state index in [-0.39, 0.29) is 0 Å². The average molecular weight is 1580 g/mol. The summed E-state index contributed by atoms with van der Waals surface area (Å²) < 4.78 is 4.96. The molecule has 9 nitrogen and oxygen atoms in total. The minimum absolute atomic E-state index is 0.627. The van der Waals surface area contributed by atoms with Gasteiger partial charge in [-0.2, -0.15) is 0 Å². The maximum atomic E-state index is 5.40. The third kappa shape index (κ3) is 12.2. The van der Waals surface area contributed by atoms with Gasteiger partial charge < -0.3 is 9.13 Å². The molecule has 0 fully saturated rings. The summed E-state index contributed by atoms with van der Waals surface area (Å²) in [6.45, 7) is 0. The zero-order valence-corrected chi connectivity index (χ0v) is 67.0. The van der Waals surface area contributed by atoms with Crippen molar-refractivity contribution in [2.75, 3.05) is 0 Å². The van der Waals surface area contributed by atoms with Crippen molar-refractivity contribution in [2.24, 2.45) is 0 Å². The number of para-hydroxylation sites is 3. The first-order valence-electron chi connectivity index (χ1n) is 42.0. The van der Waals surface area contributed by atoms with Gasteiger partial charge in [-0.3, -0.25) is 0 Å². The lowest BCUT2D eigenvalue weighted by Gasteiger charge is -2.16. The lowest BCUT2D eigenvalue weighted by atomic mass is 9.94. The summed E-state index contributed by atoms with van der Waals surface area (Å²) in [6, 6.07) is 153. The van der Waals surface area contributed by atoms with E-state index in [1.807, 2.05) is 66.7 Å². The molecule has 0 amide bonds. The Morgan fingerprint density at radius 1 is 0.185 bits per heavy atom. The van der Waals surface area contributed by atoms with Gasteiger partial charge in [-0.05, 0) is 99.1 Å². The smallest absolute Gasteiger partial charge is 0.164 e. The van der Waals surface area contributed by atoms with Crippen LogP contribution in [0.4, 0.5) is 0 Å². The van der Waals surface area contributed by atoms with Crippen molar-refractivity contribution in [2.45, 2.75) is 0 Å². The summed E-state index contributed by atoms with van der Waals surface area (Å²) in [6.07, 6.45) is 0. The summed E-state index contributed by atoms with van der Waals surface area (Å²) >= 11 is 0. The zero-order valence-electron chi connectivity index (χ0n) is 67.0. The lowest BCUT2D eigenvalue weighted by Crippen LogP contribution is -2.00. The van der Waals surface area contributed by atoms with E-state index in [0.717, 1.165) is 166 Å². The summed E-state index contributed by atoms with van der Waals surface area (Å²) in [4.78, 5) is 36.1. The average Bonchev–Trinajstić information content (AvgIpc) is 1.52. The highest BCUT2D eigenvalue weighted by molar-refractivity contribution is 6.29. The number of hydrogen-bond donors (Lipinski definition) is 0. The largest absolute Gasteiger partial charge is 0.309 e. The van der Waals surface area contributed by atoms with Gasteiger partial charge in [0.25, 0.3) is 0 Å². The van der Waals surface area contributed by atoms with Crippen LogP contribution < -0.4 is 0 Å². The van der Waals surface area contributed by atoms with Gasteiger partial charge in [0.2, 0.25) is 0 Å². The van der Waals surface area contributed by atoms with Gasteiger partial charge >= 0.3 is 0 Å². The highest BCUT2D eigenvalue weighted by Crippen LogP contribution is 2.48. The van der Waals surface area contributed by atoms with E-state index in [2.05, 4.69) is 373 Å². The molecule has 25 rings (SSSR count). The molecule has 9 heteroatoms. The van der Waals surface area contributed by atoms with Gasteiger partial charge in [0.15, 0.2) is 17.5 Å². The van der Waals surface area contributed by atoms with Crippen molar-refractivity contribution < 1.29 is 0 Å². The van der Waals surface area contributed by atoms with E-state index >= 15 is 0 Å². The van der Waals surface area contributed by atoms with Crippen molar-refractivity contribution in [1.82, 2.24) is 44.0 Å². The van der Waals surface area contributed by atoms with E-state index in [1.165, 1.54) is 59.4 Å². The fourth-order valence-electron chi connectivity index (χ4n) is 18.7. The molecule has 0 bridgehead atoms. The maximum Gasteiger partial charge on any atom is 0.164 e. The molecule has 7 aromatic heterocycles. The number of rotatable bonds is 11. The fraction of sp³-hybridized carbons (Fsp3) is 0. The molecule has 0 saturated heterocycles. The first-order valence-corrected chi connectivity index (χ1v) is 42.0. The second-order valence-corrected chi connectivity index (χ2v) is 31.7. The van der Waals surface area contributed by atoms with Gasteiger partial charge in [-0.15, -0.1) is 0 Å². The molecular formula is C115H71N9. The Morgan fingerprint density at radius 3 is 1.16 bits per heavy atom. The van der Waals surface area contributed by atoms with Crippen molar-refractivity contribution in [3.8, 4) is 113 Å². The summed E-state index contributed by atoms with van der Waals surface area (Å²) in [5.74, 6) is 1.91. The molecule has 124 heavy (non-hydrogen) atoms. The number of benzene rings is 18. The van der Waals surface area contributed by atoms with E-state index in [0.29, 0.717) is 17.5 Å². The first-order chi connectivity index (χ1) is 61.5. The van der Waals surface area contributed by atoms with Gasteiger partial charge in [0.05, 0.1) is 72.6 Å². The van der Waals surface area contributed by atoms with E-state index in [9.17, 15) is 0 Å². The highest BCUT2D eigenvalue weighted by Gasteiger charge is 2.26. The molecule has 0 aliphatic heterocycles. The molecule has 0 radical (unpaired) electrons. The molecule has 0 saturated carbocycles. The van der Waals surface area contributed by atoms with Crippen LogP contribution in [0.1, 0.15) is 0 Å². The van der Waals surface area contributed by atoms with Crippen LogP contribution in [0.15, 0.2) is 431 Å². The minimum Gasteiger partial charge on any atom is -0.309 e. The van der Waals surface area contributed by atoms with Gasteiger partial charge in [0.1, 0.15) is 0 Å². The maximum absolute atomic E-state index is 5.40. The molecule has 0 unspecified atom stereocenters. The van der Waals surface area contributed by atoms with Crippen molar-refractivity contribution in [3.05, 3.63) is 431 Å². The Balaban J connectivity index is 0.000000139. The summed E-state index contributed by atoms with van der Waals surface area (Å²) in [7, 11) is 0. The molecule has 0 N–H and O–H groups in total. The van der Waals surface area contributed by atoms with Crippen LogP contribution in [-0.2, 0) is 0 Å². The standard InChI is InChI=1S/C59H36N4.C56H35N5/c1-3-13-39(14-4-1)51-34-29-41-26-27-42-30-35-52(61-57(42)56(41)60-51)40-24-22-37(23-25-40)43-28-31-46-48-32-33-50-55(59(48)63(54(46)36-43)44-16-5-2-6-17-44)49-19-9-10-21-53(49)62-58(50)47-20-11-15-38-12-7-8-18-45(38)47;1-4-17-37(18-5-1)52-47-33-32-45-44-31-30-41(40-24-14-25-42(34-40)56-59-54(38-19-6-2-7-20-38)58-55(60-56)39-21-8-3-9-22-39)35-50(44)61(49-29-15-23-36-16-10-11-26-43(36)49)53(45)51(47)46-27-12-13-28-48(46)57-52/h1-36H;1-35H. The third-order valence-corrected chi connectivity index (χ3v) is 24.6. The molecule has 0 atom stereocenters. The van der Waals surface area contributed by atoms with Crippen LogP contribution >= 0.6 is 0 Å². The molecule has 576 valence electrons. The molecule has 0 aliphatic rings. The van der Waals surface area contributed by atoms with Crippen LogP contribution in [0.25, 0.3) is 243 Å². The topological polar surface area (TPSA) is 100 Å². The minimum atomic E-state index is 0.627. The van der Waals surface area contributed by atoms with Crippen LogP contribution in [0.2, 0.25) is 0 Å². The Bertz CT molecular complexity index is 8520. The SMILES string of the molecule is c1ccc(-c2ccc3ccc4ccc(-c5ccc(-c6ccc7c8ccc9c(-c%10cccc%11ccccc%10%11)nc%10ccccc%10c9c8n(-c8ccccc8)c7c6)cc5)nc4c3n2)cc1.c1ccc(-c2nc(-c3ccccc3)nc(-c3cccc(-c4ccc5c6ccc7c(-c8ccccc8)nc8ccccc8c7c6n(-c6cccc7ccccc67)c5c4)c3)n2)cc1. The number of hydrogen-bond acceptors (Lipinski definition) is 7. The molecular weight excluding hydrogens is 1510 g/mol. The molecule has 25 aromatic rings. The number of aromatic nitrogens is 9. The summed E-state index contributed by atoms with van der Waals surface area (Å²) in [5.41, 5.74) is 26.1. The van der Waals surface area contributed by atoms with E-state index in [1.54, 1.807) is 0 Å². The van der Waals surface area contributed by atoms with Crippen LogP contribution in [0.5, 0.6) is 0 Å². The second-order valence-electron chi connectivity index (χ2n) is 31.7. The monoisotopic (exact) mass is 1580 g/mol. The zero-order chi connectivity index (χ0) is 81.7. The molecule has 0 aliphatic carbocycles. The Morgan fingerprint density at radius 2 is 0.565 bits per heavy atom. The fourth-order valence-corrected chi connectivity index (χ4v) is 18.7. The van der Waals surface area contributed by atoms with Gasteiger partial charge in [-0.25, -0.2) is 34.9 Å².